The van der Waals surface area contributed by atoms with E-state index in [2.05, 4.69) is 36.6 Å². The van der Waals surface area contributed by atoms with Gasteiger partial charge in [-0.25, -0.2) is 13.4 Å². The van der Waals surface area contributed by atoms with E-state index in [-0.39, 0.29) is 6.10 Å². The number of hydrogen-bond acceptors (Lipinski definition) is 5. The summed E-state index contributed by atoms with van der Waals surface area (Å²) >= 11 is 1.70. The maximum absolute atomic E-state index is 13.1. The molecule has 2 aromatic carbocycles. The van der Waals surface area contributed by atoms with E-state index < -0.39 is 10.0 Å². The van der Waals surface area contributed by atoms with Crippen LogP contribution in [-0.4, -0.2) is 48.1 Å². The van der Waals surface area contributed by atoms with Crippen LogP contribution in [0.2, 0.25) is 0 Å². The Bertz CT molecular complexity index is 1230. The summed E-state index contributed by atoms with van der Waals surface area (Å²) in [4.78, 5) is 5.19. The van der Waals surface area contributed by atoms with Gasteiger partial charge in [-0.1, -0.05) is 49.4 Å². The molecule has 1 atom stereocenters. The van der Waals surface area contributed by atoms with Gasteiger partial charge in [0.05, 0.1) is 28.6 Å². The lowest BCUT2D eigenvalue weighted by Crippen LogP contribution is -2.30. The molecule has 3 aromatic rings. The Labute approximate surface area is 201 Å². The zero-order valence-electron chi connectivity index (χ0n) is 19.9. The van der Waals surface area contributed by atoms with Crippen molar-refractivity contribution < 1.29 is 13.2 Å². The number of fused-ring (bicyclic) bond motifs is 1. The molecule has 1 aliphatic rings. The van der Waals surface area contributed by atoms with Gasteiger partial charge in [0.2, 0.25) is 10.0 Å². The molecule has 0 bridgehead atoms. The maximum atomic E-state index is 13.1. The standard InChI is InChI=1S/C25H33N3O3S2/c1-5-27(6-2)33(29,30)22-11-12-24-23(15-22)26-25(28(24)16-21-8-7-13-31-21)32-17-20-14-18(3)9-10-19(20)4/h9-12,14-15,21H,5-8,13,16-17H2,1-4H3. The number of aryl methyl sites for hydroxylation is 2. The number of imidazole rings is 1. The number of thioether (sulfide) groups is 1. The Morgan fingerprint density at radius 1 is 1.15 bits per heavy atom. The summed E-state index contributed by atoms with van der Waals surface area (Å²) in [6.45, 7) is 10.4. The molecule has 1 fully saturated rings. The van der Waals surface area contributed by atoms with Crippen LogP contribution in [0.5, 0.6) is 0 Å². The summed E-state index contributed by atoms with van der Waals surface area (Å²) in [7, 11) is -3.53. The van der Waals surface area contributed by atoms with Gasteiger partial charge in [-0.15, -0.1) is 0 Å². The first-order valence-electron chi connectivity index (χ1n) is 11.6. The molecule has 0 N–H and O–H groups in total. The third kappa shape index (κ3) is 5.14. The van der Waals surface area contributed by atoms with Crippen LogP contribution in [-0.2, 0) is 27.1 Å². The normalized spacial score (nSPS) is 16.8. The minimum atomic E-state index is -3.53. The van der Waals surface area contributed by atoms with Crippen LogP contribution < -0.4 is 0 Å². The van der Waals surface area contributed by atoms with Crippen molar-refractivity contribution in [3.63, 3.8) is 0 Å². The van der Waals surface area contributed by atoms with E-state index in [4.69, 9.17) is 9.72 Å². The van der Waals surface area contributed by atoms with Gasteiger partial charge >= 0.3 is 0 Å². The van der Waals surface area contributed by atoms with Gasteiger partial charge in [0.1, 0.15) is 0 Å². The first kappa shape index (κ1) is 24.3. The molecular formula is C25H33N3O3S2. The summed E-state index contributed by atoms with van der Waals surface area (Å²) in [5.41, 5.74) is 5.47. The van der Waals surface area contributed by atoms with Gasteiger partial charge in [0, 0.05) is 25.4 Å². The van der Waals surface area contributed by atoms with Crippen LogP contribution >= 0.6 is 11.8 Å². The molecule has 1 aromatic heterocycles. The molecule has 33 heavy (non-hydrogen) atoms. The summed E-state index contributed by atoms with van der Waals surface area (Å²) in [6.07, 6.45) is 2.28. The van der Waals surface area contributed by atoms with Gasteiger partial charge in [-0.2, -0.15) is 4.31 Å². The predicted octanol–water partition coefficient (Wildman–Crippen LogP) is 5.15. The first-order valence-corrected chi connectivity index (χ1v) is 14.1. The fourth-order valence-electron chi connectivity index (χ4n) is 4.34. The van der Waals surface area contributed by atoms with Crippen molar-refractivity contribution in [1.82, 2.24) is 13.9 Å². The maximum Gasteiger partial charge on any atom is 0.243 e. The fourth-order valence-corrected chi connectivity index (χ4v) is 6.90. The largest absolute Gasteiger partial charge is 0.376 e. The van der Waals surface area contributed by atoms with E-state index in [1.54, 1.807) is 23.9 Å². The first-order chi connectivity index (χ1) is 15.8. The van der Waals surface area contributed by atoms with Crippen LogP contribution in [0.25, 0.3) is 11.0 Å². The fraction of sp³-hybridized carbons (Fsp3) is 0.480. The van der Waals surface area contributed by atoms with Gasteiger partial charge in [-0.3, -0.25) is 0 Å². The second-order valence-electron chi connectivity index (χ2n) is 8.60. The van der Waals surface area contributed by atoms with Gasteiger partial charge in [0.25, 0.3) is 0 Å². The molecule has 1 aliphatic heterocycles. The average Bonchev–Trinajstić information content (AvgIpc) is 3.43. The number of nitrogens with zero attached hydrogens (tertiary/aromatic N) is 3. The van der Waals surface area contributed by atoms with Gasteiger partial charge < -0.3 is 9.30 Å². The van der Waals surface area contributed by atoms with E-state index >= 15 is 0 Å². The minimum absolute atomic E-state index is 0.168. The Balaban J connectivity index is 1.71. The molecule has 0 spiro atoms. The number of aromatic nitrogens is 2. The molecule has 4 rings (SSSR count). The van der Waals surface area contributed by atoms with Crippen molar-refractivity contribution in [2.45, 2.75) is 69.0 Å². The third-order valence-electron chi connectivity index (χ3n) is 6.30. The summed E-state index contributed by atoms with van der Waals surface area (Å²) < 4.78 is 35.7. The minimum Gasteiger partial charge on any atom is -0.376 e. The Morgan fingerprint density at radius 3 is 2.64 bits per heavy atom. The van der Waals surface area contributed by atoms with Crippen LogP contribution in [0.15, 0.2) is 46.5 Å². The highest BCUT2D eigenvalue weighted by Gasteiger charge is 2.24. The van der Waals surface area contributed by atoms with Crippen molar-refractivity contribution in [3.05, 3.63) is 53.1 Å². The summed E-state index contributed by atoms with van der Waals surface area (Å²) in [5.74, 6) is 0.812. The van der Waals surface area contributed by atoms with E-state index in [0.717, 1.165) is 42.4 Å². The Hall–Kier alpha value is -1.87. The number of benzene rings is 2. The average molecular weight is 488 g/mol. The van der Waals surface area contributed by atoms with Crippen molar-refractivity contribution >= 4 is 32.8 Å². The highest BCUT2D eigenvalue weighted by Crippen LogP contribution is 2.31. The number of rotatable bonds is 9. The lowest BCUT2D eigenvalue weighted by Gasteiger charge is -2.18. The molecule has 1 saturated heterocycles. The lowest BCUT2D eigenvalue weighted by atomic mass is 10.1. The Morgan fingerprint density at radius 2 is 1.94 bits per heavy atom. The zero-order chi connectivity index (χ0) is 23.6. The number of sulfonamides is 1. The van der Waals surface area contributed by atoms with E-state index in [1.807, 2.05) is 19.9 Å². The lowest BCUT2D eigenvalue weighted by molar-refractivity contribution is 0.0960. The molecular weight excluding hydrogens is 454 g/mol. The molecule has 1 unspecified atom stereocenters. The SMILES string of the molecule is CCN(CC)S(=O)(=O)c1ccc2c(c1)nc(SCc1cc(C)ccc1C)n2CC1CCCO1. The Kier molecular flexibility index (Phi) is 7.48. The molecule has 0 saturated carbocycles. The smallest absolute Gasteiger partial charge is 0.243 e. The van der Waals surface area contributed by atoms with Crippen LogP contribution in [0.1, 0.15) is 43.4 Å². The third-order valence-corrected chi connectivity index (χ3v) is 9.37. The van der Waals surface area contributed by atoms with Crippen LogP contribution in [0.3, 0.4) is 0 Å². The summed E-state index contributed by atoms with van der Waals surface area (Å²) in [5, 5.41) is 0.902. The molecule has 178 valence electrons. The second-order valence-corrected chi connectivity index (χ2v) is 11.5. The van der Waals surface area contributed by atoms with E-state index in [9.17, 15) is 8.42 Å². The second kappa shape index (κ2) is 10.2. The van der Waals surface area contributed by atoms with E-state index in [1.165, 1.54) is 21.0 Å². The monoisotopic (exact) mass is 487 g/mol. The molecule has 2 heterocycles. The molecule has 0 aliphatic carbocycles. The quantitative estimate of drug-likeness (QED) is 0.390. The topological polar surface area (TPSA) is 64.4 Å². The van der Waals surface area contributed by atoms with E-state index in [0.29, 0.717) is 23.5 Å². The van der Waals surface area contributed by atoms with Crippen molar-refractivity contribution in [2.75, 3.05) is 19.7 Å². The number of ether oxygens (including phenoxy) is 1. The van der Waals surface area contributed by atoms with Gasteiger partial charge in [-0.05, 0) is 56.0 Å². The van der Waals surface area contributed by atoms with Crippen molar-refractivity contribution in [1.29, 1.82) is 0 Å². The van der Waals surface area contributed by atoms with Crippen LogP contribution in [0, 0.1) is 13.8 Å². The highest BCUT2D eigenvalue weighted by atomic mass is 32.2. The number of hydrogen-bond donors (Lipinski definition) is 0. The van der Waals surface area contributed by atoms with Crippen molar-refractivity contribution in [3.8, 4) is 0 Å². The van der Waals surface area contributed by atoms with Crippen LogP contribution in [0.4, 0.5) is 0 Å². The zero-order valence-corrected chi connectivity index (χ0v) is 21.5. The molecule has 8 heteroatoms. The predicted molar refractivity (Wildman–Crippen MR) is 134 cm³/mol. The highest BCUT2D eigenvalue weighted by molar-refractivity contribution is 7.98. The van der Waals surface area contributed by atoms with Gasteiger partial charge in [0.15, 0.2) is 5.16 Å². The summed E-state index contributed by atoms with van der Waals surface area (Å²) in [6, 6.07) is 11.8. The molecule has 0 radical (unpaired) electrons. The molecule has 6 nitrogen and oxygen atoms in total. The molecule has 0 amide bonds. The van der Waals surface area contributed by atoms with Crippen molar-refractivity contribution in [2.24, 2.45) is 0 Å².